The van der Waals surface area contributed by atoms with Crippen LogP contribution < -0.4 is 10.1 Å². The largest absolute Gasteiger partial charge is 0.496 e. The van der Waals surface area contributed by atoms with E-state index in [1.54, 1.807) is 18.4 Å². The number of ether oxygens (including phenoxy) is 1. The van der Waals surface area contributed by atoms with Crippen molar-refractivity contribution in [3.05, 3.63) is 50.7 Å². The highest BCUT2D eigenvalue weighted by Crippen LogP contribution is 2.33. The van der Waals surface area contributed by atoms with Crippen molar-refractivity contribution in [1.29, 1.82) is 0 Å². The van der Waals surface area contributed by atoms with Gasteiger partial charge in [-0.2, -0.15) is 0 Å². The summed E-state index contributed by atoms with van der Waals surface area (Å²) >= 11 is 8.03. The van der Waals surface area contributed by atoms with E-state index < -0.39 is 0 Å². The van der Waals surface area contributed by atoms with Crippen LogP contribution in [0.15, 0.2) is 29.6 Å². The third-order valence-electron chi connectivity index (χ3n) is 3.46. The lowest BCUT2D eigenvalue weighted by molar-refractivity contribution is 0.405. The first kappa shape index (κ1) is 16.3. The normalized spacial score (nSPS) is 12.4. The summed E-state index contributed by atoms with van der Waals surface area (Å²) in [4.78, 5) is 1.20. The Labute approximate surface area is 136 Å². The van der Waals surface area contributed by atoms with Crippen LogP contribution in [0.2, 0.25) is 5.02 Å². The van der Waals surface area contributed by atoms with Crippen molar-refractivity contribution in [2.45, 2.75) is 32.7 Å². The van der Waals surface area contributed by atoms with Gasteiger partial charge in [0.1, 0.15) is 5.75 Å². The predicted molar refractivity (Wildman–Crippen MR) is 91.8 cm³/mol. The molecular weight excluding hydrogens is 302 g/mol. The molecule has 1 atom stereocenters. The van der Waals surface area contributed by atoms with Crippen LogP contribution in [-0.2, 0) is 6.42 Å². The van der Waals surface area contributed by atoms with Gasteiger partial charge in [-0.3, -0.25) is 0 Å². The van der Waals surface area contributed by atoms with Crippen molar-refractivity contribution in [3.63, 3.8) is 0 Å². The molecule has 1 aromatic carbocycles. The van der Waals surface area contributed by atoms with Crippen molar-refractivity contribution >= 4 is 22.9 Å². The van der Waals surface area contributed by atoms with E-state index in [2.05, 4.69) is 31.3 Å². The van der Waals surface area contributed by atoms with Crippen molar-refractivity contribution in [2.24, 2.45) is 0 Å². The summed E-state index contributed by atoms with van der Waals surface area (Å²) in [5.41, 5.74) is 2.47. The predicted octanol–water partition coefficient (Wildman–Crippen LogP) is 5.00. The van der Waals surface area contributed by atoms with Crippen LogP contribution in [0.1, 0.15) is 35.4 Å². The molecule has 2 rings (SSSR count). The average Bonchev–Trinajstić information content (AvgIpc) is 2.90. The van der Waals surface area contributed by atoms with E-state index in [-0.39, 0.29) is 6.04 Å². The van der Waals surface area contributed by atoms with Gasteiger partial charge in [0.2, 0.25) is 0 Å². The van der Waals surface area contributed by atoms with Gasteiger partial charge >= 0.3 is 0 Å². The molecule has 0 aliphatic carbocycles. The van der Waals surface area contributed by atoms with Gasteiger partial charge in [0.05, 0.1) is 12.1 Å². The lowest BCUT2D eigenvalue weighted by Crippen LogP contribution is -2.23. The van der Waals surface area contributed by atoms with Gasteiger partial charge in [0.25, 0.3) is 0 Å². The molecule has 2 aromatic rings. The summed E-state index contributed by atoms with van der Waals surface area (Å²) in [6.07, 6.45) is 1.98. The molecule has 0 saturated carbocycles. The standard InChI is InChI=1S/C17H22ClNOS/c1-4-8-19-15(17-14(18)7-9-21-17)11-13-10-12(2)5-6-16(13)20-3/h5-7,9-10,15,19H,4,8,11H2,1-3H3. The lowest BCUT2D eigenvalue weighted by Gasteiger charge is -2.20. The Morgan fingerprint density at radius 2 is 2.14 bits per heavy atom. The Morgan fingerprint density at radius 1 is 1.33 bits per heavy atom. The molecule has 0 aliphatic heterocycles. The third kappa shape index (κ3) is 4.22. The van der Waals surface area contributed by atoms with Crippen LogP contribution in [0, 0.1) is 6.92 Å². The molecule has 1 heterocycles. The number of aryl methyl sites for hydroxylation is 1. The van der Waals surface area contributed by atoms with Crippen LogP contribution in [0.5, 0.6) is 5.75 Å². The minimum atomic E-state index is 0.230. The first-order valence-electron chi connectivity index (χ1n) is 7.25. The Hall–Kier alpha value is -1.03. The molecule has 2 nitrogen and oxygen atoms in total. The van der Waals surface area contributed by atoms with Gasteiger partial charge in [0.15, 0.2) is 0 Å². The van der Waals surface area contributed by atoms with Gasteiger partial charge in [-0.25, -0.2) is 0 Å². The Morgan fingerprint density at radius 3 is 2.76 bits per heavy atom. The van der Waals surface area contributed by atoms with E-state index in [9.17, 15) is 0 Å². The third-order valence-corrected chi connectivity index (χ3v) is 4.93. The quantitative estimate of drug-likeness (QED) is 0.774. The van der Waals surface area contributed by atoms with E-state index in [1.807, 2.05) is 17.5 Å². The molecule has 1 N–H and O–H groups in total. The minimum Gasteiger partial charge on any atom is -0.496 e. The zero-order chi connectivity index (χ0) is 15.2. The highest BCUT2D eigenvalue weighted by Gasteiger charge is 2.18. The topological polar surface area (TPSA) is 21.3 Å². The second kappa shape index (κ2) is 7.83. The Kier molecular flexibility index (Phi) is 6.09. The van der Waals surface area contributed by atoms with Crippen LogP contribution in [0.25, 0.3) is 0 Å². The van der Waals surface area contributed by atoms with Gasteiger partial charge in [-0.05, 0) is 49.4 Å². The lowest BCUT2D eigenvalue weighted by atomic mass is 10.0. The molecule has 0 fully saturated rings. The molecule has 0 amide bonds. The fraction of sp³-hybridized carbons (Fsp3) is 0.412. The summed E-state index contributed by atoms with van der Waals surface area (Å²) in [5.74, 6) is 0.941. The van der Waals surface area contributed by atoms with E-state index in [0.29, 0.717) is 0 Å². The number of rotatable bonds is 7. The Bertz CT molecular complexity index is 582. The first-order chi connectivity index (χ1) is 10.2. The van der Waals surface area contributed by atoms with Crippen molar-refractivity contribution in [1.82, 2.24) is 5.32 Å². The SMILES string of the molecule is CCCNC(Cc1cc(C)ccc1OC)c1sccc1Cl. The summed E-state index contributed by atoms with van der Waals surface area (Å²) in [6, 6.07) is 8.51. The molecule has 0 saturated heterocycles. The fourth-order valence-electron chi connectivity index (χ4n) is 2.42. The van der Waals surface area contributed by atoms with Crippen molar-refractivity contribution in [2.75, 3.05) is 13.7 Å². The maximum absolute atomic E-state index is 6.32. The molecule has 114 valence electrons. The molecular formula is C17H22ClNOS. The highest BCUT2D eigenvalue weighted by atomic mass is 35.5. The van der Waals surface area contributed by atoms with Crippen molar-refractivity contribution < 1.29 is 4.74 Å². The second-order valence-electron chi connectivity index (χ2n) is 5.16. The van der Waals surface area contributed by atoms with Crippen LogP contribution in [0.3, 0.4) is 0 Å². The second-order valence-corrected chi connectivity index (χ2v) is 6.51. The van der Waals surface area contributed by atoms with Crippen LogP contribution in [-0.4, -0.2) is 13.7 Å². The number of nitrogens with one attached hydrogen (secondary N) is 1. The average molecular weight is 324 g/mol. The zero-order valence-electron chi connectivity index (χ0n) is 12.8. The maximum atomic E-state index is 6.32. The fourth-order valence-corrected chi connectivity index (χ4v) is 3.68. The number of thiophene rings is 1. The van der Waals surface area contributed by atoms with E-state index in [4.69, 9.17) is 16.3 Å². The molecule has 0 aliphatic rings. The zero-order valence-corrected chi connectivity index (χ0v) is 14.4. The maximum Gasteiger partial charge on any atom is 0.122 e. The molecule has 0 spiro atoms. The van der Waals surface area contributed by atoms with Crippen molar-refractivity contribution in [3.8, 4) is 5.75 Å². The van der Waals surface area contributed by atoms with Gasteiger partial charge in [-0.1, -0.05) is 36.2 Å². The van der Waals surface area contributed by atoms with E-state index >= 15 is 0 Å². The summed E-state index contributed by atoms with van der Waals surface area (Å²) in [7, 11) is 1.72. The van der Waals surface area contributed by atoms with Crippen LogP contribution in [0.4, 0.5) is 0 Å². The smallest absolute Gasteiger partial charge is 0.122 e. The number of methoxy groups -OCH3 is 1. The van der Waals surface area contributed by atoms with E-state index in [0.717, 1.165) is 30.2 Å². The first-order valence-corrected chi connectivity index (χ1v) is 8.51. The summed E-state index contributed by atoms with van der Waals surface area (Å²) < 4.78 is 5.50. The number of hydrogen-bond donors (Lipinski definition) is 1. The summed E-state index contributed by atoms with van der Waals surface area (Å²) in [5, 5.41) is 6.50. The van der Waals surface area contributed by atoms with E-state index in [1.165, 1.54) is 16.0 Å². The molecule has 1 aromatic heterocycles. The van der Waals surface area contributed by atoms with Gasteiger partial charge in [0, 0.05) is 10.9 Å². The van der Waals surface area contributed by atoms with Gasteiger partial charge in [-0.15, -0.1) is 11.3 Å². The molecule has 0 radical (unpaired) electrons. The Balaban J connectivity index is 2.26. The minimum absolute atomic E-state index is 0.230. The number of halogens is 1. The van der Waals surface area contributed by atoms with Crippen LogP contribution >= 0.6 is 22.9 Å². The number of benzene rings is 1. The molecule has 0 bridgehead atoms. The molecule has 4 heteroatoms. The molecule has 21 heavy (non-hydrogen) atoms. The van der Waals surface area contributed by atoms with Gasteiger partial charge < -0.3 is 10.1 Å². The monoisotopic (exact) mass is 323 g/mol. The summed E-state index contributed by atoms with van der Waals surface area (Å²) in [6.45, 7) is 5.26. The highest BCUT2D eigenvalue weighted by molar-refractivity contribution is 7.10. The number of hydrogen-bond acceptors (Lipinski definition) is 3. The molecule has 1 unspecified atom stereocenters.